The van der Waals surface area contributed by atoms with Gasteiger partial charge in [-0.05, 0) is 24.3 Å². The van der Waals surface area contributed by atoms with Crippen LogP contribution < -0.4 is 16.2 Å². The van der Waals surface area contributed by atoms with Crippen LogP contribution >= 0.6 is 0 Å². The molecular formula is C22H20N4O4. The van der Waals surface area contributed by atoms with E-state index in [9.17, 15) is 19.5 Å². The number of aromatic nitrogens is 1. The van der Waals surface area contributed by atoms with Crippen LogP contribution in [0.25, 0.3) is 16.7 Å². The van der Waals surface area contributed by atoms with Gasteiger partial charge in [0.1, 0.15) is 5.76 Å². The topological polar surface area (TPSA) is 124 Å². The molecule has 0 fully saturated rings. The Morgan fingerprint density at radius 2 is 1.77 bits per heavy atom. The van der Waals surface area contributed by atoms with Gasteiger partial charge in [-0.2, -0.15) is 5.10 Å². The van der Waals surface area contributed by atoms with E-state index in [1.807, 2.05) is 6.07 Å². The van der Waals surface area contributed by atoms with Gasteiger partial charge in [0, 0.05) is 35.5 Å². The highest BCUT2D eigenvalue weighted by atomic mass is 16.3. The SMILES string of the molecule is C=C(O)c1ccccc1NC(=O)CCC(=O)N/N=C/c1c[nH]c2ccccc2c1=O. The molecule has 0 bridgehead atoms. The van der Waals surface area contributed by atoms with Gasteiger partial charge < -0.3 is 15.4 Å². The zero-order chi connectivity index (χ0) is 21.5. The lowest BCUT2D eigenvalue weighted by molar-refractivity contribution is -0.124. The number of hydrazone groups is 1. The number of benzene rings is 2. The third kappa shape index (κ3) is 4.99. The van der Waals surface area contributed by atoms with Gasteiger partial charge in [0.2, 0.25) is 11.8 Å². The van der Waals surface area contributed by atoms with Crippen LogP contribution in [0.3, 0.4) is 0 Å². The van der Waals surface area contributed by atoms with Crippen molar-refractivity contribution in [3.63, 3.8) is 0 Å². The minimum atomic E-state index is -0.474. The molecule has 0 spiro atoms. The molecule has 8 nitrogen and oxygen atoms in total. The summed E-state index contributed by atoms with van der Waals surface area (Å²) < 4.78 is 0. The number of hydrogen-bond acceptors (Lipinski definition) is 5. The number of aliphatic hydroxyl groups excluding tert-OH is 1. The predicted octanol–water partition coefficient (Wildman–Crippen LogP) is 2.93. The fraction of sp³-hybridized carbons (Fsp3) is 0.0909. The van der Waals surface area contributed by atoms with Gasteiger partial charge in [-0.1, -0.05) is 30.8 Å². The first-order chi connectivity index (χ1) is 14.5. The van der Waals surface area contributed by atoms with Crippen molar-refractivity contribution >= 4 is 40.4 Å². The van der Waals surface area contributed by atoms with E-state index in [4.69, 9.17) is 0 Å². The summed E-state index contributed by atoms with van der Waals surface area (Å²) in [4.78, 5) is 39.3. The van der Waals surface area contributed by atoms with Gasteiger partial charge in [0.15, 0.2) is 5.43 Å². The van der Waals surface area contributed by atoms with Crippen molar-refractivity contribution in [2.24, 2.45) is 5.10 Å². The maximum absolute atomic E-state index is 12.4. The molecule has 0 saturated carbocycles. The van der Waals surface area contributed by atoms with E-state index in [0.29, 0.717) is 27.7 Å². The molecule has 0 unspecified atom stereocenters. The van der Waals surface area contributed by atoms with Crippen LogP contribution in [0.1, 0.15) is 24.0 Å². The lowest BCUT2D eigenvalue weighted by atomic mass is 10.1. The summed E-state index contributed by atoms with van der Waals surface area (Å²) in [5.74, 6) is -1.03. The lowest BCUT2D eigenvalue weighted by Crippen LogP contribution is -2.21. The molecule has 8 heteroatoms. The quantitative estimate of drug-likeness (QED) is 0.275. The summed E-state index contributed by atoms with van der Waals surface area (Å²) in [7, 11) is 0. The minimum Gasteiger partial charge on any atom is -0.508 e. The molecule has 3 aromatic rings. The lowest BCUT2D eigenvalue weighted by Gasteiger charge is -2.09. The van der Waals surface area contributed by atoms with E-state index >= 15 is 0 Å². The van der Waals surface area contributed by atoms with Crippen LogP contribution in [0.4, 0.5) is 5.69 Å². The number of carbonyl (C=O) groups is 2. The number of anilines is 1. The second-order valence-electron chi connectivity index (χ2n) is 6.45. The number of nitrogens with zero attached hydrogens (tertiary/aromatic N) is 1. The van der Waals surface area contributed by atoms with Crippen molar-refractivity contribution < 1.29 is 14.7 Å². The Bertz CT molecular complexity index is 1200. The molecule has 1 aromatic heterocycles. The average Bonchev–Trinajstić information content (AvgIpc) is 2.74. The summed E-state index contributed by atoms with van der Waals surface area (Å²) >= 11 is 0. The molecule has 0 radical (unpaired) electrons. The number of hydrogen-bond donors (Lipinski definition) is 4. The summed E-state index contributed by atoms with van der Waals surface area (Å²) in [5.41, 5.74) is 3.91. The number of aromatic amines is 1. The molecule has 152 valence electrons. The highest BCUT2D eigenvalue weighted by Gasteiger charge is 2.10. The number of fused-ring (bicyclic) bond motifs is 1. The fourth-order valence-corrected chi connectivity index (χ4v) is 2.79. The number of aliphatic hydroxyl groups is 1. The van der Waals surface area contributed by atoms with Gasteiger partial charge in [-0.15, -0.1) is 0 Å². The van der Waals surface area contributed by atoms with Crippen LogP contribution in [0.2, 0.25) is 0 Å². The Morgan fingerprint density at radius 1 is 1.07 bits per heavy atom. The number of amides is 2. The van der Waals surface area contributed by atoms with Crippen molar-refractivity contribution in [3.8, 4) is 0 Å². The van der Waals surface area contributed by atoms with Crippen LogP contribution in [-0.2, 0) is 9.59 Å². The maximum atomic E-state index is 12.4. The van der Waals surface area contributed by atoms with E-state index in [0.717, 1.165) is 0 Å². The van der Waals surface area contributed by atoms with E-state index in [2.05, 4.69) is 27.4 Å². The van der Waals surface area contributed by atoms with Crippen molar-refractivity contribution in [2.45, 2.75) is 12.8 Å². The second-order valence-corrected chi connectivity index (χ2v) is 6.45. The number of carbonyl (C=O) groups excluding carboxylic acids is 2. The molecule has 0 saturated heterocycles. The summed E-state index contributed by atoms with van der Waals surface area (Å²) in [6.45, 7) is 3.45. The third-order valence-electron chi connectivity index (χ3n) is 4.30. The average molecular weight is 404 g/mol. The molecule has 0 aliphatic rings. The third-order valence-corrected chi connectivity index (χ3v) is 4.30. The molecule has 0 atom stereocenters. The predicted molar refractivity (Wildman–Crippen MR) is 116 cm³/mol. The van der Waals surface area contributed by atoms with Crippen molar-refractivity contribution in [3.05, 3.63) is 82.7 Å². The summed E-state index contributed by atoms with van der Waals surface area (Å²) in [6, 6.07) is 13.7. The first kappa shape index (κ1) is 20.5. The van der Waals surface area contributed by atoms with Crippen LogP contribution in [0.15, 0.2) is 71.2 Å². The number of pyridine rings is 1. The van der Waals surface area contributed by atoms with Gasteiger partial charge >= 0.3 is 0 Å². The van der Waals surface area contributed by atoms with Gasteiger partial charge in [0.05, 0.1) is 17.5 Å². The molecular weight excluding hydrogens is 384 g/mol. The van der Waals surface area contributed by atoms with E-state index in [-0.39, 0.29) is 24.0 Å². The summed E-state index contributed by atoms with van der Waals surface area (Å²) in [6.07, 6.45) is 2.59. The number of para-hydroxylation sites is 2. The molecule has 1 heterocycles. The molecule has 4 N–H and O–H groups in total. The molecule has 2 amide bonds. The van der Waals surface area contributed by atoms with E-state index in [1.54, 1.807) is 42.5 Å². The molecule has 3 rings (SSSR count). The Balaban J connectivity index is 1.53. The Labute approximate surface area is 171 Å². The van der Waals surface area contributed by atoms with Crippen LogP contribution in [0, 0.1) is 0 Å². The minimum absolute atomic E-state index is 0.0792. The smallest absolute Gasteiger partial charge is 0.240 e. The highest BCUT2D eigenvalue weighted by Crippen LogP contribution is 2.20. The maximum Gasteiger partial charge on any atom is 0.240 e. The van der Waals surface area contributed by atoms with Crippen molar-refractivity contribution in [2.75, 3.05) is 5.32 Å². The van der Waals surface area contributed by atoms with E-state index in [1.165, 1.54) is 12.4 Å². The zero-order valence-electron chi connectivity index (χ0n) is 16.0. The molecule has 0 aliphatic heterocycles. The van der Waals surface area contributed by atoms with Crippen LogP contribution in [0.5, 0.6) is 0 Å². The van der Waals surface area contributed by atoms with E-state index < -0.39 is 11.8 Å². The Kier molecular flexibility index (Phi) is 6.39. The van der Waals surface area contributed by atoms with Gasteiger partial charge in [-0.3, -0.25) is 14.4 Å². The first-order valence-corrected chi connectivity index (χ1v) is 9.15. The largest absolute Gasteiger partial charge is 0.508 e. The number of rotatable bonds is 7. The van der Waals surface area contributed by atoms with Gasteiger partial charge in [0.25, 0.3) is 0 Å². The highest BCUT2D eigenvalue weighted by molar-refractivity contribution is 5.95. The standard InChI is InChI=1S/C22H20N4O4/c1-14(27)16-6-2-5-9-19(16)25-20(28)10-11-21(29)26-24-13-15-12-23-18-8-4-3-7-17(18)22(15)30/h2-9,12-13,27H,1,10-11H2,(H,23,30)(H,25,28)(H,26,29)/b24-13+. The first-order valence-electron chi connectivity index (χ1n) is 9.15. The molecule has 2 aromatic carbocycles. The Hall–Kier alpha value is -4.20. The van der Waals surface area contributed by atoms with Crippen molar-refractivity contribution in [1.29, 1.82) is 0 Å². The van der Waals surface area contributed by atoms with Crippen molar-refractivity contribution in [1.82, 2.24) is 10.4 Å². The monoisotopic (exact) mass is 404 g/mol. The van der Waals surface area contributed by atoms with Gasteiger partial charge in [-0.25, -0.2) is 5.43 Å². The molecule has 30 heavy (non-hydrogen) atoms. The zero-order valence-corrected chi connectivity index (χ0v) is 16.0. The fourth-order valence-electron chi connectivity index (χ4n) is 2.79. The normalized spacial score (nSPS) is 10.8. The number of nitrogens with one attached hydrogen (secondary N) is 3. The number of H-pyrrole nitrogens is 1. The Morgan fingerprint density at radius 3 is 2.57 bits per heavy atom. The van der Waals surface area contributed by atoms with Crippen LogP contribution in [-0.4, -0.2) is 28.1 Å². The summed E-state index contributed by atoms with van der Waals surface area (Å²) in [5, 5.41) is 16.5. The molecule has 0 aliphatic carbocycles. The second kappa shape index (κ2) is 9.33.